The molecule has 8 nitrogen and oxygen atoms in total. The predicted molar refractivity (Wildman–Crippen MR) is 130 cm³/mol. The summed E-state index contributed by atoms with van der Waals surface area (Å²) in [4.78, 5) is 22.8. The van der Waals surface area contributed by atoms with Gasteiger partial charge >= 0.3 is 0 Å². The highest BCUT2D eigenvalue weighted by Crippen LogP contribution is 2.40. The third-order valence-electron chi connectivity index (χ3n) is 6.71. The minimum atomic E-state index is -0.0894. The number of aromatic nitrogens is 3. The van der Waals surface area contributed by atoms with Gasteiger partial charge in [-0.3, -0.25) is 14.9 Å². The van der Waals surface area contributed by atoms with E-state index in [4.69, 9.17) is 14.5 Å². The largest absolute Gasteiger partial charge is 0.378 e. The van der Waals surface area contributed by atoms with Crippen molar-refractivity contribution in [3.63, 3.8) is 0 Å². The number of H-pyrrole nitrogens is 1. The molecule has 0 unspecified atom stereocenters. The number of morpholine rings is 2. The molecule has 2 aromatic carbocycles. The number of nitrogens with zero attached hydrogens (tertiary/aromatic N) is 4. The van der Waals surface area contributed by atoms with Crippen LogP contribution in [0.25, 0.3) is 27.5 Å². The number of benzene rings is 2. The van der Waals surface area contributed by atoms with Crippen LogP contribution in [-0.2, 0) is 9.47 Å². The van der Waals surface area contributed by atoms with E-state index in [0.29, 0.717) is 18.6 Å². The summed E-state index contributed by atoms with van der Waals surface area (Å²) < 4.78 is 12.8. The van der Waals surface area contributed by atoms with Gasteiger partial charge in [0.1, 0.15) is 0 Å². The molecule has 0 radical (unpaired) electrons. The van der Waals surface area contributed by atoms with E-state index in [9.17, 15) is 4.79 Å². The minimum Gasteiger partial charge on any atom is -0.378 e. The first-order valence-corrected chi connectivity index (χ1v) is 11.5. The number of anilines is 2. The molecule has 2 aliphatic heterocycles. The van der Waals surface area contributed by atoms with Crippen LogP contribution in [0.2, 0.25) is 0 Å². The van der Waals surface area contributed by atoms with Gasteiger partial charge in [0.05, 0.1) is 54.2 Å². The van der Waals surface area contributed by atoms with Crippen molar-refractivity contribution in [2.45, 2.75) is 6.92 Å². The zero-order valence-electron chi connectivity index (χ0n) is 18.7. The average molecular weight is 446 g/mol. The predicted octanol–water partition coefficient (Wildman–Crippen LogP) is 2.85. The number of para-hydroxylation sites is 1. The smallest absolute Gasteiger partial charge is 0.280 e. The van der Waals surface area contributed by atoms with Crippen LogP contribution in [-0.4, -0.2) is 67.4 Å². The lowest BCUT2D eigenvalue weighted by atomic mass is 10.0. The van der Waals surface area contributed by atoms with Crippen LogP contribution in [0.3, 0.4) is 0 Å². The number of nitrogens with one attached hydrogen (secondary N) is 1. The Morgan fingerprint density at radius 1 is 0.939 bits per heavy atom. The Kier molecular flexibility index (Phi) is 5.04. The highest BCUT2D eigenvalue weighted by atomic mass is 16.5. The van der Waals surface area contributed by atoms with Crippen LogP contribution in [0, 0.1) is 6.92 Å². The third-order valence-corrected chi connectivity index (χ3v) is 6.71. The Morgan fingerprint density at radius 2 is 1.61 bits per heavy atom. The number of fused-ring (bicyclic) bond motifs is 3. The van der Waals surface area contributed by atoms with E-state index in [1.807, 2.05) is 30.3 Å². The molecule has 6 rings (SSSR count). The molecule has 4 heterocycles. The second-order valence-corrected chi connectivity index (χ2v) is 8.60. The Bertz CT molecular complexity index is 1370. The third kappa shape index (κ3) is 3.37. The van der Waals surface area contributed by atoms with Crippen LogP contribution in [0.5, 0.6) is 0 Å². The fourth-order valence-electron chi connectivity index (χ4n) is 5.06. The van der Waals surface area contributed by atoms with Gasteiger partial charge in [0.2, 0.25) is 0 Å². The first-order valence-electron chi connectivity index (χ1n) is 11.5. The molecular weight excluding hydrogens is 418 g/mol. The average Bonchev–Trinajstić information content (AvgIpc) is 3.22. The fraction of sp³-hybridized carbons (Fsp3) is 0.360. The highest BCUT2D eigenvalue weighted by molar-refractivity contribution is 6.12. The second-order valence-electron chi connectivity index (χ2n) is 8.60. The molecule has 2 aliphatic rings. The maximum atomic E-state index is 13.3. The first-order chi connectivity index (χ1) is 16.2. The summed E-state index contributed by atoms with van der Waals surface area (Å²) in [5, 5.41) is 4.99. The normalized spacial score (nSPS) is 17.2. The quantitative estimate of drug-likeness (QED) is 0.523. The van der Waals surface area contributed by atoms with Crippen LogP contribution in [0.4, 0.5) is 11.4 Å². The summed E-state index contributed by atoms with van der Waals surface area (Å²) in [7, 11) is 0. The van der Waals surface area contributed by atoms with E-state index in [-0.39, 0.29) is 5.56 Å². The van der Waals surface area contributed by atoms with Crippen LogP contribution in [0.1, 0.15) is 5.56 Å². The molecule has 0 spiro atoms. The molecule has 0 saturated carbocycles. The molecule has 170 valence electrons. The van der Waals surface area contributed by atoms with Crippen molar-refractivity contribution in [2.24, 2.45) is 0 Å². The van der Waals surface area contributed by atoms with Crippen molar-refractivity contribution in [3.05, 3.63) is 58.5 Å². The number of aromatic amines is 1. The molecule has 4 aromatic rings. The number of ether oxygens (including phenoxy) is 2. The van der Waals surface area contributed by atoms with Gasteiger partial charge in [0.15, 0.2) is 0 Å². The first kappa shape index (κ1) is 20.3. The maximum Gasteiger partial charge on any atom is 0.280 e. The summed E-state index contributed by atoms with van der Waals surface area (Å²) in [5.74, 6) is 0. The lowest BCUT2D eigenvalue weighted by Gasteiger charge is -2.35. The van der Waals surface area contributed by atoms with Crippen molar-refractivity contribution in [3.8, 4) is 5.69 Å². The topological polar surface area (TPSA) is 75.6 Å². The second kappa shape index (κ2) is 8.20. The van der Waals surface area contributed by atoms with Crippen LogP contribution in [0.15, 0.2) is 47.4 Å². The van der Waals surface area contributed by atoms with Gasteiger partial charge in [-0.15, -0.1) is 0 Å². The Morgan fingerprint density at radius 3 is 2.30 bits per heavy atom. The van der Waals surface area contributed by atoms with Gasteiger partial charge in [-0.25, -0.2) is 4.68 Å². The molecule has 2 saturated heterocycles. The molecule has 8 heteroatoms. The van der Waals surface area contributed by atoms with E-state index in [1.54, 1.807) is 10.9 Å². The summed E-state index contributed by atoms with van der Waals surface area (Å²) in [6, 6.07) is 11.8. The van der Waals surface area contributed by atoms with Crippen molar-refractivity contribution in [1.29, 1.82) is 0 Å². The molecular formula is C25H27N5O3. The van der Waals surface area contributed by atoms with Gasteiger partial charge in [-0.05, 0) is 30.7 Å². The lowest BCUT2D eigenvalue weighted by Crippen LogP contribution is -2.39. The zero-order chi connectivity index (χ0) is 22.4. The molecule has 2 aromatic heterocycles. The Labute approximate surface area is 191 Å². The summed E-state index contributed by atoms with van der Waals surface area (Å²) in [5.41, 5.74) is 5.95. The number of hydrogen-bond acceptors (Lipinski definition) is 6. The molecule has 0 atom stereocenters. The molecule has 0 aliphatic carbocycles. The SMILES string of the molecule is Cc1c(N2CCOCC2)cc2ncc3c(=O)n(-c4ccccc4)[nH]c3c2c1N1CCOCC1. The number of pyridine rings is 1. The van der Waals surface area contributed by atoms with E-state index in [1.165, 1.54) is 11.3 Å². The lowest BCUT2D eigenvalue weighted by molar-refractivity contribution is 0.122. The van der Waals surface area contributed by atoms with E-state index >= 15 is 0 Å². The molecule has 2 fully saturated rings. The summed E-state index contributed by atoms with van der Waals surface area (Å²) in [6.45, 7) is 8.34. The molecule has 0 amide bonds. The molecule has 1 N–H and O–H groups in total. The maximum absolute atomic E-state index is 13.3. The highest BCUT2D eigenvalue weighted by Gasteiger charge is 2.25. The van der Waals surface area contributed by atoms with Gasteiger partial charge in [-0.2, -0.15) is 0 Å². The summed E-state index contributed by atoms with van der Waals surface area (Å²) >= 11 is 0. The number of hydrogen-bond donors (Lipinski definition) is 1. The van der Waals surface area contributed by atoms with Gasteiger partial charge in [-0.1, -0.05) is 18.2 Å². The van der Waals surface area contributed by atoms with E-state index in [2.05, 4.69) is 27.9 Å². The van der Waals surface area contributed by atoms with Crippen LogP contribution < -0.4 is 15.4 Å². The van der Waals surface area contributed by atoms with Gasteiger partial charge in [0.25, 0.3) is 5.56 Å². The molecule has 33 heavy (non-hydrogen) atoms. The Hall–Kier alpha value is -3.36. The van der Waals surface area contributed by atoms with E-state index in [0.717, 1.165) is 67.2 Å². The monoisotopic (exact) mass is 445 g/mol. The molecule has 0 bridgehead atoms. The van der Waals surface area contributed by atoms with Gasteiger partial charge < -0.3 is 19.3 Å². The van der Waals surface area contributed by atoms with Crippen molar-refractivity contribution >= 4 is 33.2 Å². The van der Waals surface area contributed by atoms with Crippen LogP contribution >= 0.6 is 0 Å². The van der Waals surface area contributed by atoms with E-state index < -0.39 is 0 Å². The minimum absolute atomic E-state index is 0.0894. The van der Waals surface area contributed by atoms with Crippen molar-refractivity contribution < 1.29 is 9.47 Å². The Balaban J connectivity index is 1.64. The van der Waals surface area contributed by atoms with Crippen molar-refractivity contribution in [1.82, 2.24) is 14.8 Å². The fourth-order valence-corrected chi connectivity index (χ4v) is 5.06. The van der Waals surface area contributed by atoms with Gasteiger partial charge in [0, 0.05) is 43.4 Å². The standard InChI is InChI=1S/C25H27N5O3/c1-17-21(28-7-11-32-12-8-28)15-20-22(24(17)29-9-13-33-14-10-29)23-19(16-26-20)25(31)30(27-23)18-5-3-2-4-6-18/h2-6,15-16,27H,7-14H2,1H3. The summed E-state index contributed by atoms with van der Waals surface area (Å²) in [6.07, 6.45) is 1.71. The van der Waals surface area contributed by atoms with Crippen molar-refractivity contribution in [2.75, 3.05) is 62.4 Å². The zero-order valence-corrected chi connectivity index (χ0v) is 18.7. The number of rotatable bonds is 3.